The Morgan fingerprint density at radius 2 is 2.11 bits per heavy atom. The lowest BCUT2D eigenvalue weighted by atomic mass is 10.3. The summed E-state index contributed by atoms with van der Waals surface area (Å²) in [5, 5.41) is 9.94. The van der Waals surface area contributed by atoms with Crippen molar-refractivity contribution >= 4 is 33.3 Å². The molecular weight excluding hydrogens is 282 g/mol. The number of hydrogen-bond acceptors (Lipinski definition) is 6. The van der Waals surface area contributed by atoms with E-state index in [1.165, 1.54) is 12.3 Å². The van der Waals surface area contributed by atoms with Gasteiger partial charge < -0.3 is 9.84 Å². The number of ether oxygens (including phenoxy) is 1. The van der Waals surface area contributed by atoms with E-state index in [-0.39, 0.29) is 9.77 Å². The molecule has 0 aromatic carbocycles. The number of rotatable bonds is 5. The molecule has 0 aliphatic rings. The first-order valence-corrected chi connectivity index (χ1v) is 7.03. The second-order valence-electron chi connectivity index (χ2n) is 3.29. The van der Waals surface area contributed by atoms with E-state index in [4.69, 9.17) is 5.11 Å². The van der Waals surface area contributed by atoms with Crippen LogP contribution in [0.15, 0.2) is 10.3 Å². The Bertz CT molecular complexity index is 574. The zero-order valence-electron chi connectivity index (χ0n) is 9.59. The maximum atomic E-state index is 11.9. The lowest BCUT2D eigenvalue weighted by Crippen LogP contribution is -2.30. The molecule has 1 aromatic heterocycles. The van der Waals surface area contributed by atoms with Crippen molar-refractivity contribution in [2.45, 2.75) is 11.8 Å². The van der Waals surface area contributed by atoms with E-state index in [2.05, 4.69) is 4.74 Å². The Morgan fingerprint density at radius 1 is 1.50 bits per heavy atom. The number of esters is 1. The van der Waals surface area contributed by atoms with Crippen molar-refractivity contribution in [1.82, 2.24) is 4.72 Å². The number of aryl methyl sites for hydroxylation is 1. The number of carboxylic acids is 1. The summed E-state index contributed by atoms with van der Waals surface area (Å²) in [6.45, 7) is 0.760. The van der Waals surface area contributed by atoms with Crippen LogP contribution in [0.5, 0.6) is 0 Å². The molecule has 1 aromatic rings. The summed E-state index contributed by atoms with van der Waals surface area (Å²) in [5.74, 6) is -2.09. The van der Waals surface area contributed by atoms with Gasteiger partial charge in [-0.3, -0.25) is 4.79 Å². The average molecular weight is 293 g/mol. The van der Waals surface area contributed by atoms with E-state index in [0.717, 1.165) is 18.4 Å². The maximum absolute atomic E-state index is 11.9. The molecule has 0 bridgehead atoms. The summed E-state index contributed by atoms with van der Waals surface area (Å²) in [4.78, 5) is 21.5. The third-order valence-corrected chi connectivity index (χ3v) is 4.77. The first-order valence-electron chi connectivity index (χ1n) is 4.67. The number of hydrogen-bond donors (Lipinski definition) is 2. The van der Waals surface area contributed by atoms with E-state index in [0.29, 0.717) is 5.56 Å². The first-order chi connectivity index (χ1) is 8.29. The largest absolute Gasteiger partial charge is 0.480 e. The third kappa shape index (κ3) is 3.06. The quantitative estimate of drug-likeness (QED) is 0.751. The number of thiophene rings is 1. The Hall–Kier alpha value is -1.45. The average Bonchev–Trinajstić information content (AvgIpc) is 2.68. The van der Waals surface area contributed by atoms with Crippen molar-refractivity contribution in [2.75, 3.05) is 13.7 Å². The molecule has 0 saturated carbocycles. The minimum Gasteiger partial charge on any atom is -0.480 e. The van der Waals surface area contributed by atoms with Crippen LogP contribution in [0.3, 0.4) is 0 Å². The highest BCUT2D eigenvalue weighted by Crippen LogP contribution is 2.27. The summed E-state index contributed by atoms with van der Waals surface area (Å²) in [6, 6.07) is 0. The van der Waals surface area contributed by atoms with Gasteiger partial charge in [-0.1, -0.05) is 0 Å². The molecule has 0 spiro atoms. The Balaban J connectivity index is 3.19. The molecule has 0 radical (unpaired) electrons. The van der Waals surface area contributed by atoms with Crippen molar-refractivity contribution in [3.05, 3.63) is 15.8 Å². The molecule has 1 rings (SSSR count). The summed E-state index contributed by atoms with van der Waals surface area (Å²) in [7, 11) is -2.91. The molecular formula is C9H11NO6S2. The fourth-order valence-electron chi connectivity index (χ4n) is 1.23. The molecule has 2 N–H and O–H groups in total. The lowest BCUT2D eigenvalue weighted by molar-refractivity contribution is -0.135. The normalized spacial score (nSPS) is 11.2. The number of sulfonamides is 1. The summed E-state index contributed by atoms with van der Waals surface area (Å²) < 4.78 is 30.1. The summed E-state index contributed by atoms with van der Waals surface area (Å²) in [6.07, 6.45) is 0. The SMILES string of the molecule is COC(=O)c1scc(C)c1S(=O)(=O)NCC(=O)O. The predicted octanol–water partition coefficient (Wildman–Crippen LogP) is 0.206. The van der Waals surface area contributed by atoms with Gasteiger partial charge in [0.15, 0.2) is 0 Å². The second kappa shape index (κ2) is 5.46. The highest BCUT2D eigenvalue weighted by Gasteiger charge is 2.27. The van der Waals surface area contributed by atoms with Gasteiger partial charge in [0.25, 0.3) is 0 Å². The second-order valence-corrected chi connectivity index (χ2v) is 5.87. The van der Waals surface area contributed by atoms with E-state index in [1.807, 2.05) is 4.72 Å². The Labute approximate surface area is 107 Å². The molecule has 100 valence electrons. The highest BCUT2D eigenvalue weighted by molar-refractivity contribution is 7.89. The van der Waals surface area contributed by atoms with E-state index in [1.54, 1.807) is 0 Å². The number of carbonyl (C=O) groups is 2. The molecule has 0 amide bonds. The number of methoxy groups -OCH3 is 1. The fourth-order valence-corrected chi connectivity index (χ4v) is 3.91. The van der Waals surface area contributed by atoms with Crippen LogP contribution in [0.2, 0.25) is 0 Å². The minimum absolute atomic E-state index is 0.0760. The van der Waals surface area contributed by atoms with E-state index < -0.39 is 28.5 Å². The summed E-state index contributed by atoms with van der Waals surface area (Å²) in [5.41, 5.74) is 0.360. The monoisotopic (exact) mass is 293 g/mol. The van der Waals surface area contributed by atoms with Gasteiger partial charge in [-0.2, -0.15) is 4.72 Å². The molecule has 0 atom stereocenters. The van der Waals surface area contributed by atoms with Gasteiger partial charge in [-0.05, 0) is 17.9 Å². The lowest BCUT2D eigenvalue weighted by Gasteiger charge is -2.06. The van der Waals surface area contributed by atoms with Crippen LogP contribution in [0.4, 0.5) is 0 Å². The zero-order chi connectivity index (χ0) is 13.9. The third-order valence-electron chi connectivity index (χ3n) is 1.97. The van der Waals surface area contributed by atoms with E-state index >= 15 is 0 Å². The molecule has 0 aliphatic carbocycles. The standard InChI is InChI=1S/C9H11NO6S2/c1-5-4-17-7(9(13)16-2)8(5)18(14,15)10-3-6(11)12/h4,10H,3H2,1-2H3,(H,11,12). The van der Waals surface area contributed by atoms with Crippen molar-refractivity contribution in [3.63, 3.8) is 0 Å². The van der Waals surface area contributed by atoms with Gasteiger partial charge >= 0.3 is 11.9 Å². The molecule has 7 nitrogen and oxygen atoms in total. The van der Waals surface area contributed by atoms with Gasteiger partial charge in [-0.25, -0.2) is 13.2 Å². The molecule has 0 unspecified atom stereocenters. The molecule has 0 fully saturated rings. The van der Waals surface area contributed by atoms with Gasteiger partial charge in [0.05, 0.1) is 7.11 Å². The zero-order valence-corrected chi connectivity index (χ0v) is 11.2. The van der Waals surface area contributed by atoms with Crippen LogP contribution >= 0.6 is 11.3 Å². The number of nitrogens with one attached hydrogen (secondary N) is 1. The van der Waals surface area contributed by atoms with Gasteiger partial charge in [0.1, 0.15) is 16.3 Å². The summed E-state index contributed by atoms with van der Waals surface area (Å²) >= 11 is 0.929. The Morgan fingerprint density at radius 3 is 2.61 bits per heavy atom. The molecule has 1 heterocycles. The van der Waals surface area contributed by atoms with Crippen LogP contribution in [0.1, 0.15) is 15.2 Å². The Kier molecular flexibility index (Phi) is 4.43. The molecule has 0 saturated heterocycles. The van der Waals surface area contributed by atoms with Gasteiger partial charge in [-0.15, -0.1) is 11.3 Å². The topological polar surface area (TPSA) is 110 Å². The molecule has 0 aliphatic heterocycles. The van der Waals surface area contributed by atoms with Crippen LogP contribution < -0.4 is 4.72 Å². The van der Waals surface area contributed by atoms with Crippen molar-refractivity contribution < 1.29 is 27.9 Å². The van der Waals surface area contributed by atoms with Crippen molar-refractivity contribution in [1.29, 1.82) is 0 Å². The van der Waals surface area contributed by atoms with Gasteiger partial charge in [0, 0.05) is 0 Å². The predicted molar refractivity (Wildman–Crippen MR) is 63.2 cm³/mol. The number of aliphatic carboxylic acids is 1. The van der Waals surface area contributed by atoms with Crippen molar-refractivity contribution in [3.8, 4) is 0 Å². The van der Waals surface area contributed by atoms with E-state index in [9.17, 15) is 18.0 Å². The smallest absolute Gasteiger partial charge is 0.349 e. The maximum Gasteiger partial charge on any atom is 0.349 e. The van der Waals surface area contributed by atoms with Crippen LogP contribution in [0.25, 0.3) is 0 Å². The van der Waals surface area contributed by atoms with Crippen LogP contribution in [-0.2, 0) is 19.6 Å². The van der Waals surface area contributed by atoms with Crippen LogP contribution in [0, 0.1) is 6.92 Å². The minimum atomic E-state index is -4.05. The molecule has 18 heavy (non-hydrogen) atoms. The van der Waals surface area contributed by atoms with Crippen molar-refractivity contribution in [2.24, 2.45) is 0 Å². The van der Waals surface area contributed by atoms with Crippen LogP contribution in [-0.4, -0.2) is 39.1 Å². The van der Waals surface area contributed by atoms with Gasteiger partial charge in [0.2, 0.25) is 10.0 Å². The highest BCUT2D eigenvalue weighted by atomic mass is 32.2. The number of carbonyl (C=O) groups excluding carboxylic acids is 1. The number of carboxylic acid groups (broad SMARTS) is 1. The molecule has 9 heteroatoms. The first kappa shape index (κ1) is 14.6. The fraction of sp³-hybridized carbons (Fsp3) is 0.333.